The third-order valence-corrected chi connectivity index (χ3v) is 2.18. The number of anilines is 1. The smallest absolute Gasteiger partial charge is 0.436 e. The van der Waals surface area contributed by atoms with Crippen LogP contribution in [0.2, 0.25) is 0 Å². The lowest BCUT2D eigenvalue weighted by Crippen LogP contribution is -2.14. The number of carbonyl (C=O) groups excluding carboxylic acids is 1. The maximum absolute atomic E-state index is 12.7. The summed E-state index contributed by atoms with van der Waals surface area (Å²) in [7, 11) is 0.951. The second kappa shape index (κ2) is 5.25. The molecule has 0 aliphatic carbocycles. The van der Waals surface area contributed by atoms with Crippen LogP contribution in [0.4, 0.5) is 19.0 Å². The van der Waals surface area contributed by atoms with Crippen LogP contribution in [0.15, 0.2) is 0 Å². The highest BCUT2D eigenvalue weighted by Crippen LogP contribution is 2.34. The first-order chi connectivity index (χ1) is 8.32. The molecule has 0 amide bonds. The number of esters is 1. The van der Waals surface area contributed by atoms with Crippen LogP contribution in [0.5, 0.6) is 0 Å². The molecule has 3 N–H and O–H groups in total. The molecular weight excluding hydrogens is 255 g/mol. The van der Waals surface area contributed by atoms with Gasteiger partial charge in [0.1, 0.15) is 11.4 Å². The van der Waals surface area contributed by atoms with Crippen molar-refractivity contribution in [1.29, 1.82) is 0 Å². The number of aryl methyl sites for hydroxylation is 1. The summed E-state index contributed by atoms with van der Waals surface area (Å²) in [6.45, 7) is -0.253. The Bertz CT molecular complexity index is 442. The lowest BCUT2D eigenvalue weighted by Gasteiger charge is -2.04. The maximum atomic E-state index is 12.7. The van der Waals surface area contributed by atoms with Crippen LogP contribution < -0.4 is 5.73 Å². The molecule has 9 heteroatoms. The fourth-order valence-corrected chi connectivity index (χ4v) is 1.37. The fraction of sp³-hybridized carbons (Fsp3) is 0.556. The van der Waals surface area contributed by atoms with Crippen molar-refractivity contribution < 1.29 is 27.8 Å². The van der Waals surface area contributed by atoms with E-state index in [1.165, 1.54) is 0 Å². The lowest BCUT2D eigenvalue weighted by molar-refractivity contribution is -0.142. The number of carbonyl (C=O) groups is 1. The Kier molecular flexibility index (Phi) is 4.17. The molecule has 18 heavy (non-hydrogen) atoms. The molecule has 1 rings (SSSR count). The van der Waals surface area contributed by atoms with Crippen molar-refractivity contribution >= 4 is 11.8 Å². The minimum atomic E-state index is -4.80. The number of alkyl halides is 3. The molecule has 1 aromatic heterocycles. The number of aliphatic hydroxyl groups excluding tert-OH is 1. The zero-order valence-electron chi connectivity index (χ0n) is 9.49. The molecule has 6 nitrogen and oxygen atoms in total. The van der Waals surface area contributed by atoms with Crippen LogP contribution in [0.1, 0.15) is 22.5 Å². The van der Waals surface area contributed by atoms with E-state index in [0.717, 1.165) is 11.8 Å². The molecule has 0 aromatic carbocycles. The standard InChI is InChI=1S/C9H12F3N3O3/c1-18-8(17)5-6(9(10,11)12)14-15(7(5)13)3-2-4-16/h16H,2-4,13H2,1H3. The average Bonchev–Trinajstić information content (AvgIpc) is 2.63. The van der Waals surface area contributed by atoms with Crippen molar-refractivity contribution in [2.75, 3.05) is 19.5 Å². The molecule has 0 bridgehead atoms. The van der Waals surface area contributed by atoms with Gasteiger partial charge in [-0.15, -0.1) is 0 Å². The Balaban J connectivity index is 3.27. The van der Waals surface area contributed by atoms with Gasteiger partial charge in [-0.05, 0) is 6.42 Å². The predicted octanol–water partition coefficient (Wildman–Crippen LogP) is 0.653. The van der Waals surface area contributed by atoms with Crippen molar-refractivity contribution in [2.24, 2.45) is 0 Å². The van der Waals surface area contributed by atoms with Crippen molar-refractivity contribution in [3.05, 3.63) is 11.3 Å². The highest BCUT2D eigenvalue weighted by atomic mass is 19.4. The minimum Gasteiger partial charge on any atom is -0.465 e. The fourth-order valence-electron chi connectivity index (χ4n) is 1.37. The molecule has 0 fully saturated rings. The monoisotopic (exact) mass is 267 g/mol. The van der Waals surface area contributed by atoms with Gasteiger partial charge in [0.2, 0.25) is 0 Å². The molecule has 0 aliphatic heterocycles. The van der Waals surface area contributed by atoms with Crippen LogP contribution >= 0.6 is 0 Å². The van der Waals surface area contributed by atoms with E-state index in [1.807, 2.05) is 0 Å². The Morgan fingerprint density at radius 3 is 2.61 bits per heavy atom. The molecule has 0 saturated carbocycles. The second-order valence-electron chi connectivity index (χ2n) is 3.40. The van der Waals surface area contributed by atoms with Crippen molar-refractivity contribution in [2.45, 2.75) is 19.1 Å². The minimum absolute atomic E-state index is 0.0254. The van der Waals surface area contributed by atoms with Crippen LogP contribution in [-0.4, -0.2) is 34.6 Å². The zero-order chi connectivity index (χ0) is 13.9. The van der Waals surface area contributed by atoms with Gasteiger partial charge >= 0.3 is 12.1 Å². The highest BCUT2D eigenvalue weighted by molar-refractivity contribution is 5.95. The first-order valence-electron chi connectivity index (χ1n) is 4.95. The third-order valence-electron chi connectivity index (χ3n) is 2.18. The van der Waals surface area contributed by atoms with Gasteiger partial charge in [-0.2, -0.15) is 18.3 Å². The molecule has 102 valence electrons. The summed E-state index contributed by atoms with van der Waals surface area (Å²) in [5, 5.41) is 11.9. The first-order valence-corrected chi connectivity index (χ1v) is 4.95. The van der Waals surface area contributed by atoms with E-state index < -0.39 is 29.2 Å². The van der Waals surface area contributed by atoms with E-state index in [0.29, 0.717) is 0 Å². The van der Waals surface area contributed by atoms with E-state index in [4.69, 9.17) is 10.8 Å². The average molecular weight is 267 g/mol. The van der Waals surface area contributed by atoms with Gasteiger partial charge in [0.15, 0.2) is 5.69 Å². The topological polar surface area (TPSA) is 90.4 Å². The molecular formula is C9H12F3N3O3. The summed E-state index contributed by atoms with van der Waals surface area (Å²) >= 11 is 0. The Labute approximate surface area is 100 Å². The first kappa shape index (κ1) is 14.3. The van der Waals surface area contributed by atoms with Gasteiger partial charge in [-0.3, -0.25) is 0 Å². The van der Waals surface area contributed by atoms with E-state index >= 15 is 0 Å². The molecule has 0 unspecified atom stereocenters. The Hall–Kier alpha value is -1.77. The quantitative estimate of drug-likeness (QED) is 0.782. The van der Waals surface area contributed by atoms with E-state index in [9.17, 15) is 18.0 Å². The number of ether oxygens (including phenoxy) is 1. The molecule has 0 saturated heterocycles. The predicted molar refractivity (Wildman–Crippen MR) is 54.7 cm³/mol. The highest BCUT2D eigenvalue weighted by Gasteiger charge is 2.41. The summed E-state index contributed by atoms with van der Waals surface area (Å²) in [5.74, 6) is -1.63. The number of halogens is 3. The van der Waals surface area contributed by atoms with Crippen LogP contribution in [0.3, 0.4) is 0 Å². The number of rotatable bonds is 4. The number of nitrogens with zero attached hydrogens (tertiary/aromatic N) is 2. The summed E-state index contributed by atoms with van der Waals surface area (Å²) in [4.78, 5) is 11.3. The number of aromatic nitrogens is 2. The van der Waals surface area contributed by atoms with Crippen molar-refractivity contribution in [3.8, 4) is 0 Å². The largest absolute Gasteiger partial charge is 0.465 e. The molecule has 1 aromatic rings. The van der Waals surface area contributed by atoms with E-state index in [1.54, 1.807) is 0 Å². The van der Waals surface area contributed by atoms with Gasteiger partial charge in [0, 0.05) is 13.2 Å². The van der Waals surface area contributed by atoms with E-state index in [-0.39, 0.29) is 19.6 Å². The molecule has 1 heterocycles. The number of nitrogens with two attached hydrogens (primary N) is 1. The van der Waals surface area contributed by atoms with Gasteiger partial charge < -0.3 is 15.6 Å². The van der Waals surface area contributed by atoms with Gasteiger partial charge in [-0.1, -0.05) is 0 Å². The van der Waals surface area contributed by atoms with Crippen LogP contribution in [0.25, 0.3) is 0 Å². The Morgan fingerprint density at radius 1 is 1.56 bits per heavy atom. The number of aliphatic hydroxyl groups is 1. The van der Waals surface area contributed by atoms with E-state index in [2.05, 4.69) is 9.84 Å². The lowest BCUT2D eigenvalue weighted by atomic mass is 10.2. The number of nitrogen functional groups attached to an aromatic ring is 1. The van der Waals surface area contributed by atoms with Crippen LogP contribution in [0, 0.1) is 0 Å². The van der Waals surface area contributed by atoms with Crippen molar-refractivity contribution in [1.82, 2.24) is 9.78 Å². The molecule has 0 radical (unpaired) electrons. The van der Waals surface area contributed by atoms with Crippen molar-refractivity contribution in [3.63, 3.8) is 0 Å². The third kappa shape index (κ3) is 2.73. The molecule has 0 spiro atoms. The normalized spacial score (nSPS) is 11.6. The zero-order valence-corrected chi connectivity index (χ0v) is 9.49. The number of hydrogen-bond donors (Lipinski definition) is 2. The SMILES string of the molecule is COC(=O)c1c(C(F)(F)F)nn(CCCO)c1N. The number of hydrogen-bond acceptors (Lipinski definition) is 5. The molecule has 0 atom stereocenters. The second-order valence-corrected chi connectivity index (χ2v) is 3.40. The van der Waals surface area contributed by atoms with Crippen LogP contribution in [-0.2, 0) is 17.5 Å². The summed E-state index contributed by atoms with van der Waals surface area (Å²) in [5.41, 5.74) is 3.25. The summed E-state index contributed by atoms with van der Waals surface area (Å²) in [6.07, 6.45) is -4.63. The maximum Gasteiger partial charge on any atom is 0.436 e. The Morgan fingerprint density at radius 2 is 2.17 bits per heavy atom. The summed E-state index contributed by atoms with van der Waals surface area (Å²) < 4.78 is 43.1. The van der Waals surface area contributed by atoms with Gasteiger partial charge in [0.05, 0.1) is 7.11 Å². The number of methoxy groups -OCH3 is 1. The van der Waals surface area contributed by atoms with Gasteiger partial charge in [-0.25, -0.2) is 9.48 Å². The molecule has 0 aliphatic rings. The summed E-state index contributed by atoms with van der Waals surface area (Å²) in [6, 6.07) is 0. The van der Waals surface area contributed by atoms with Gasteiger partial charge in [0.25, 0.3) is 0 Å².